The molecule has 2 rings (SSSR count). The Labute approximate surface area is 191 Å². The average Bonchev–Trinajstić information content (AvgIpc) is 2.83. The summed E-state index contributed by atoms with van der Waals surface area (Å²) in [5.41, 5.74) is 1.98. The second kappa shape index (κ2) is 16.5. The molecule has 8 nitrogen and oxygen atoms in total. The minimum Gasteiger partial charge on any atom is -0.338 e. The molecule has 0 aromatic carbocycles. The molecule has 2 aromatic rings. The highest BCUT2D eigenvalue weighted by atomic mass is 16.2. The Hall–Kier alpha value is -3.16. The van der Waals surface area contributed by atoms with Gasteiger partial charge in [0, 0.05) is 51.0 Å². The van der Waals surface area contributed by atoms with Crippen molar-refractivity contribution in [2.45, 2.75) is 64.5 Å². The number of unbranched alkanes of at least 4 members (excludes halogenated alkanes) is 7. The van der Waals surface area contributed by atoms with E-state index in [1.54, 1.807) is 24.8 Å². The summed E-state index contributed by atoms with van der Waals surface area (Å²) < 4.78 is 0. The fourth-order valence-corrected chi connectivity index (χ4v) is 3.21. The number of amides is 4. The van der Waals surface area contributed by atoms with E-state index >= 15 is 0 Å². The highest BCUT2D eigenvalue weighted by Crippen LogP contribution is 2.08. The number of carbonyl (C=O) groups is 2. The van der Waals surface area contributed by atoms with Crippen molar-refractivity contribution in [2.75, 3.05) is 13.1 Å². The third kappa shape index (κ3) is 12.5. The van der Waals surface area contributed by atoms with E-state index < -0.39 is 0 Å². The van der Waals surface area contributed by atoms with E-state index in [0.29, 0.717) is 26.2 Å². The maximum atomic E-state index is 11.7. The lowest BCUT2D eigenvalue weighted by Crippen LogP contribution is -2.35. The van der Waals surface area contributed by atoms with Gasteiger partial charge in [0.15, 0.2) is 0 Å². The number of hydrogen-bond acceptors (Lipinski definition) is 4. The van der Waals surface area contributed by atoms with E-state index in [4.69, 9.17) is 0 Å². The Balaban J connectivity index is 1.31. The number of hydrogen-bond donors (Lipinski definition) is 4. The molecule has 4 amide bonds. The molecule has 0 atom stereocenters. The predicted octanol–water partition coefficient (Wildman–Crippen LogP) is 3.90. The first kappa shape index (κ1) is 25.1. The van der Waals surface area contributed by atoms with Gasteiger partial charge in [-0.05, 0) is 36.1 Å². The molecule has 8 heteroatoms. The van der Waals surface area contributed by atoms with E-state index in [-0.39, 0.29) is 12.1 Å². The van der Waals surface area contributed by atoms with Crippen LogP contribution in [0.15, 0.2) is 49.1 Å². The van der Waals surface area contributed by atoms with Crippen molar-refractivity contribution in [3.63, 3.8) is 0 Å². The lowest BCUT2D eigenvalue weighted by atomic mass is 10.1. The summed E-state index contributed by atoms with van der Waals surface area (Å²) in [5.74, 6) is 0. The summed E-state index contributed by atoms with van der Waals surface area (Å²) >= 11 is 0. The van der Waals surface area contributed by atoms with E-state index in [0.717, 1.165) is 36.8 Å². The number of aromatic nitrogens is 2. The highest BCUT2D eigenvalue weighted by molar-refractivity contribution is 5.74. The Morgan fingerprint density at radius 1 is 0.594 bits per heavy atom. The van der Waals surface area contributed by atoms with Crippen molar-refractivity contribution >= 4 is 12.1 Å². The summed E-state index contributed by atoms with van der Waals surface area (Å²) in [6.45, 7) is 2.39. The van der Waals surface area contributed by atoms with Crippen molar-refractivity contribution in [1.82, 2.24) is 31.2 Å². The summed E-state index contributed by atoms with van der Waals surface area (Å²) in [5, 5.41) is 11.5. The highest BCUT2D eigenvalue weighted by Gasteiger charge is 2.01. The van der Waals surface area contributed by atoms with Gasteiger partial charge in [-0.2, -0.15) is 0 Å². The van der Waals surface area contributed by atoms with Gasteiger partial charge in [-0.15, -0.1) is 0 Å². The molecule has 174 valence electrons. The van der Waals surface area contributed by atoms with Crippen molar-refractivity contribution in [1.29, 1.82) is 0 Å². The third-order valence-corrected chi connectivity index (χ3v) is 5.03. The Morgan fingerprint density at radius 3 is 1.38 bits per heavy atom. The monoisotopic (exact) mass is 440 g/mol. The van der Waals surface area contributed by atoms with Crippen molar-refractivity contribution in [2.24, 2.45) is 0 Å². The first-order valence-electron chi connectivity index (χ1n) is 11.6. The summed E-state index contributed by atoms with van der Waals surface area (Å²) in [4.78, 5) is 31.5. The van der Waals surface area contributed by atoms with Crippen molar-refractivity contribution in [3.8, 4) is 0 Å². The second-order valence-corrected chi connectivity index (χ2v) is 7.77. The van der Waals surface area contributed by atoms with Gasteiger partial charge in [0.1, 0.15) is 0 Å². The zero-order valence-electron chi connectivity index (χ0n) is 18.8. The molecule has 4 N–H and O–H groups in total. The smallest absolute Gasteiger partial charge is 0.315 e. The van der Waals surface area contributed by atoms with Crippen LogP contribution >= 0.6 is 0 Å². The van der Waals surface area contributed by atoms with Gasteiger partial charge in [-0.3, -0.25) is 9.97 Å². The van der Waals surface area contributed by atoms with E-state index in [9.17, 15) is 9.59 Å². The van der Waals surface area contributed by atoms with Crippen LogP contribution < -0.4 is 21.3 Å². The number of carbonyl (C=O) groups excluding carboxylic acids is 2. The van der Waals surface area contributed by atoms with Crippen molar-refractivity contribution < 1.29 is 9.59 Å². The topological polar surface area (TPSA) is 108 Å². The minimum absolute atomic E-state index is 0.131. The minimum atomic E-state index is -0.131. The normalized spacial score (nSPS) is 10.4. The molecular formula is C24H36N6O2. The molecule has 2 aromatic heterocycles. The van der Waals surface area contributed by atoms with Crippen LogP contribution in [0.2, 0.25) is 0 Å². The number of rotatable bonds is 15. The largest absolute Gasteiger partial charge is 0.338 e. The van der Waals surface area contributed by atoms with Crippen LogP contribution in [0, 0.1) is 0 Å². The van der Waals surface area contributed by atoms with E-state index in [1.165, 1.54) is 25.7 Å². The van der Waals surface area contributed by atoms with Gasteiger partial charge in [-0.1, -0.05) is 50.7 Å². The standard InChI is InChI=1S/C24H36N6O2/c31-23(29-19-21-11-9-13-25-17-21)27-15-7-5-3-1-2-4-6-8-16-28-24(32)30-20-22-12-10-14-26-18-22/h9-14,17-18H,1-8,15-16,19-20H2,(H2,27,29,31)(H2,28,30,32). The molecule has 0 unspecified atom stereocenters. The van der Waals surface area contributed by atoms with Gasteiger partial charge in [-0.25, -0.2) is 9.59 Å². The van der Waals surface area contributed by atoms with Crippen LogP contribution in [0.3, 0.4) is 0 Å². The Morgan fingerprint density at radius 2 is 1.00 bits per heavy atom. The molecule has 0 spiro atoms. The number of nitrogens with zero attached hydrogens (tertiary/aromatic N) is 2. The van der Waals surface area contributed by atoms with E-state index in [1.807, 2.05) is 24.3 Å². The van der Waals surface area contributed by atoms with Crippen LogP contribution in [0.4, 0.5) is 9.59 Å². The number of urea groups is 2. The quantitative estimate of drug-likeness (QED) is 0.315. The summed E-state index contributed by atoms with van der Waals surface area (Å²) in [6.07, 6.45) is 16.0. The van der Waals surface area contributed by atoms with E-state index in [2.05, 4.69) is 31.2 Å². The lowest BCUT2D eigenvalue weighted by Gasteiger charge is -2.08. The molecule has 32 heavy (non-hydrogen) atoms. The number of nitrogens with one attached hydrogen (secondary N) is 4. The molecule has 0 aliphatic rings. The molecule has 0 radical (unpaired) electrons. The summed E-state index contributed by atoms with van der Waals surface area (Å²) in [6, 6.07) is 7.33. The molecule has 2 heterocycles. The zero-order valence-corrected chi connectivity index (χ0v) is 18.8. The van der Waals surface area contributed by atoms with Crippen LogP contribution in [0.1, 0.15) is 62.5 Å². The molecule has 0 aliphatic heterocycles. The predicted molar refractivity (Wildman–Crippen MR) is 126 cm³/mol. The third-order valence-electron chi connectivity index (χ3n) is 5.03. The second-order valence-electron chi connectivity index (χ2n) is 7.77. The molecule has 0 aliphatic carbocycles. The fraction of sp³-hybridized carbons (Fsp3) is 0.500. The first-order chi connectivity index (χ1) is 15.7. The molecule has 0 saturated carbocycles. The lowest BCUT2D eigenvalue weighted by molar-refractivity contribution is 0.239. The SMILES string of the molecule is O=C(NCCCCCCCCCCNC(=O)NCc1cccnc1)NCc1cccnc1. The summed E-state index contributed by atoms with van der Waals surface area (Å²) in [7, 11) is 0. The van der Waals surface area contributed by atoms with Gasteiger partial charge in [0.2, 0.25) is 0 Å². The maximum absolute atomic E-state index is 11.7. The Bertz CT molecular complexity index is 692. The molecule has 0 bridgehead atoms. The van der Waals surface area contributed by atoms with Gasteiger partial charge >= 0.3 is 12.1 Å². The number of pyridine rings is 2. The average molecular weight is 441 g/mol. The van der Waals surface area contributed by atoms with Crippen LogP contribution in [-0.4, -0.2) is 35.1 Å². The molecular weight excluding hydrogens is 404 g/mol. The van der Waals surface area contributed by atoms with Gasteiger partial charge in [0.25, 0.3) is 0 Å². The molecule has 0 fully saturated rings. The van der Waals surface area contributed by atoms with Gasteiger partial charge < -0.3 is 21.3 Å². The fourth-order valence-electron chi connectivity index (χ4n) is 3.21. The first-order valence-corrected chi connectivity index (χ1v) is 11.6. The molecule has 0 saturated heterocycles. The Kier molecular flexibility index (Phi) is 13.0. The van der Waals surface area contributed by atoms with Crippen molar-refractivity contribution in [3.05, 3.63) is 60.2 Å². The van der Waals surface area contributed by atoms with Crippen LogP contribution in [0.5, 0.6) is 0 Å². The zero-order chi connectivity index (χ0) is 22.7. The van der Waals surface area contributed by atoms with Gasteiger partial charge in [0.05, 0.1) is 0 Å². The maximum Gasteiger partial charge on any atom is 0.315 e. The van der Waals surface area contributed by atoms with Crippen LogP contribution in [0.25, 0.3) is 0 Å². The van der Waals surface area contributed by atoms with Crippen LogP contribution in [-0.2, 0) is 13.1 Å².